The van der Waals surface area contributed by atoms with Gasteiger partial charge >= 0.3 is 0 Å². The van der Waals surface area contributed by atoms with E-state index in [2.05, 4.69) is 28.4 Å². The van der Waals surface area contributed by atoms with Crippen LogP contribution in [0.4, 0.5) is 0 Å². The van der Waals surface area contributed by atoms with Gasteiger partial charge in [0, 0.05) is 11.1 Å². The normalized spacial score (nSPS) is 10.7. The maximum absolute atomic E-state index is 9.36. The summed E-state index contributed by atoms with van der Waals surface area (Å²) < 4.78 is 5.78. The summed E-state index contributed by atoms with van der Waals surface area (Å²) in [7, 11) is 0. The Bertz CT molecular complexity index is 960. The fourth-order valence-electron chi connectivity index (χ4n) is 2.52. The lowest BCUT2D eigenvalue weighted by Crippen LogP contribution is -1.81. The molecule has 0 aliphatic rings. The Morgan fingerprint density at radius 3 is 1.96 bits per heavy atom. The first-order chi connectivity index (χ1) is 11.8. The Kier molecular flexibility index (Phi) is 3.56. The van der Waals surface area contributed by atoms with Crippen LogP contribution in [-0.4, -0.2) is 15.3 Å². The third kappa shape index (κ3) is 2.77. The Morgan fingerprint density at radius 2 is 1.21 bits per heavy atom. The van der Waals surface area contributed by atoms with Gasteiger partial charge in [-0.2, -0.15) is 0 Å². The monoisotopic (exact) mass is 314 g/mol. The highest BCUT2D eigenvalue weighted by molar-refractivity contribution is 5.70. The number of rotatable bonds is 3. The Hall–Kier alpha value is -3.40. The molecule has 4 rings (SSSR count). The highest BCUT2D eigenvalue weighted by Crippen LogP contribution is 2.28. The number of phenols is 1. The first-order valence-electron chi connectivity index (χ1n) is 7.58. The zero-order valence-corrected chi connectivity index (χ0v) is 12.8. The standard InChI is InChI=1S/C20H14N2O2/c23-18-11-9-15(10-12-18)19-21-22-20(24-19)17-8-4-7-16(13-17)14-5-2-1-3-6-14/h1-13,23H. The van der Waals surface area contributed by atoms with Crippen LogP contribution in [0.15, 0.2) is 83.3 Å². The zero-order valence-electron chi connectivity index (χ0n) is 12.8. The van der Waals surface area contributed by atoms with E-state index in [0.29, 0.717) is 11.8 Å². The first kappa shape index (κ1) is 14.2. The van der Waals surface area contributed by atoms with Crippen LogP contribution < -0.4 is 0 Å². The second kappa shape index (κ2) is 6.01. The summed E-state index contributed by atoms with van der Waals surface area (Å²) in [4.78, 5) is 0. The third-order valence-electron chi connectivity index (χ3n) is 3.76. The maximum Gasteiger partial charge on any atom is 0.248 e. The van der Waals surface area contributed by atoms with Gasteiger partial charge in [0.25, 0.3) is 0 Å². The fourth-order valence-corrected chi connectivity index (χ4v) is 2.52. The average Bonchev–Trinajstić information content (AvgIpc) is 3.13. The van der Waals surface area contributed by atoms with Crippen molar-refractivity contribution in [1.82, 2.24) is 10.2 Å². The summed E-state index contributed by atoms with van der Waals surface area (Å²) in [5.74, 6) is 1.10. The van der Waals surface area contributed by atoms with Crippen LogP contribution in [0.3, 0.4) is 0 Å². The van der Waals surface area contributed by atoms with Crippen molar-refractivity contribution < 1.29 is 9.52 Å². The number of hydrogen-bond donors (Lipinski definition) is 1. The van der Waals surface area contributed by atoms with E-state index in [1.54, 1.807) is 24.3 Å². The fraction of sp³-hybridized carbons (Fsp3) is 0. The summed E-state index contributed by atoms with van der Waals surface area (Å²) >= 11 is 0. The molecule has 4 aromatic rings. The van der Waals surface area contributed by atoms with Crippen LogP contribution in [0.5, 0.6) is 5.75 Å². The molecule has 0 radical (unpaired) electrons. The van der Waals surface area contributed by atoms with Crippen LogP contribution >= 0.6 is 0 Å². The molecule has 0 spiro atoms. The lowest BCUT2D eigenvalue weighted by atomic mass is 10.0. The molecule has 24 heavy (non-hydrogen) atoms. The molecule has 0 aliphatic carbocycles. The van der Waals surface area contributed by atoms with E-state index < -0.39 is 0 Å². The van der Waals surface area contributed by atoms with Crippen LogP contribution in [0.25, 0.3) is 34.0 Å². The van der Waals surface area contributed by atoms with Gasteiger partial charge < -0.3 is 9.52 Å². The molecule has 1 aromatic heterocycles. The molecule has 0 bridgehead atoms. The molecule has 0 saturated heterocycles. The summed E-state index contributed by atoms with van der Waals surface area (Å²) in [6, 6.07) is 24.8. The molecule has 0 amide bonds. The summed E-state index contributed by atoms with van der Waals surface area (Å²) in [5, 5.41) is 17.6. The number of hydrogen-bond acceptors (Lipinski definition) is 4. The van der Waals surface area contributed by atoms with Crippen molar-refractivity contribution in [3.8, 4) is 39.8 Å². The molecule has 1 heterocycles. The van der Waals surface area contributed by atoms with Gasteiger partial charge in [0.2, 0.25) is 11.8 Å². The van der Waals surface area contributed by atoms with Gasteiger partial charge in [0.05, 0.1) is 0 Å². The van der Waals surface area contributed by atoms with E-state index in [-0.39, 0.29) is 5.75 Å². The van der Waals surface area contributed by atoms with Crippen molar-refractivity contribution in [2.45, 2.75) is 0 Å². The van der Waals surface area contributed by atoms with Crippen LogP contribution in [0.2, 0.25) is 0 Å². The van der Waals surface area contributed by atoms with Crippen molar-refractivity contribution in [1.29, 1.82) is 0 Å². The molecule has 0 fully saturated rings. The zero-order chi connectivity index (χ0) is 16.4. The number of aromatic nitrogens is 2. The predicted molar refractivity (Wildman–Crippen MR) is 92.3 cm³/mol. The summed E-state index contributed by atoms with van der Waals surface area (Å²) in [6.07, 6.45) is 0. The quantitative estimate of drug-likeness (QED) is 0.591. The van der Waals surface area contributed by atoms with Gasteiger partial charge in [-0.25, -0.2) is 0 Å². The lowest BCUT2D eigenvalue weighted by Gasteiger charge is -2.02. The second-order valence-corrected chi connectivity index (χ2v) is 5.41. The van der Waals surface area contributed by atoms with E-state index in [0.717, 1.165) is 22.3 Å². The molecular formula is C20H14N2O2. The minimum absolute atomic E-state index is 0.203. The molecule has 0 aliphatic heterocycles. The molecule has 0 atom stereocenters. The van der Waals surface area contributed by atoms with E-state index in [4.69, 9.17) is 4.42 Å². The Morgan fingerprint density at radius 1 is 0.583 bits per heavy atom. The van der Waals surface area contributed by atoms with Crippen molar-refractivity contribution >= 4 is 0 Å². The maximum atomic E-state index is 9.36. The van der Waals surface area contributed by atoms with Crippen LogP contribution in [0.1, 0.15) is 0 Å². The third-order valence-corrected chi connectivity index (χ3v) is 3.76. The van der Waals surface area contributed by atoms with Gasteiger partial charge in [0.15, 0.2) is 0 Å². The largest absolute Gasteiger partial charge is 0.508 e. The molecule has 0 saturated carbocycles. The first-order valence-corrected chi connectivity index (χ1v) is 7.58. The number of phenolic OH excluding ortho intramolecular Hbond substituents is 1. The van der Waals surface area contributed by atoms with Gasteiger partial charge in [-0.1, -0.05) is 42.5 Å². The number of nitrogens with zero attached hydrogens (tertiary/aromatic N) is 2. The molecule has 116 valence electrons. The SMILES string of the molecule is Oc1ccc(-c2nnc(-c3cccc(-c4ccccc4)c3)o2)cc1. The highest BCUT2D eigenvalue weighted by atomic mass is 16.4. The minimum atomic E-state index is 0.203. The molecule has 4 nitrogen and oxygen atoms in total. The molecule has 0 unspecified atom stereocenters. The number of aromatic hydroxyl groups is 1. The Labute approximate surface area is 139 Å². The topological polar surface area (TPSA) is 59.2 Å². The molecular weight excluding hydrogens is 300 g/mol. The van der Waals surface area contributed by atoms with Crippen molar-refractivity contribution in [3.05, 3.63) is 78.9 Å². The molecule has 3 aromatic carbocycles. The Balaban J connectivity index is 1.69. The van der Waals surface area contributed by atoms with Gasteiger partial charge in [-0.05, 0) is 47.5 Å². The van der Waals surface area contributed by atoms with Gasteiger partial charge in [-0.15, -0.1) is 10.2 Å². The van der Waals surface area contributed by atoms with Gasteiger partial charge in [0.1, 0.15) is 5.75 Å². The average molecular weight is 314 g/mol. The van der Waals surface area contributed by atoms with Crippen molar-refractivity contribution in [3.63, 3.8) is 0 Å². The molecule has 4 heteroatoms. The van der Waals surface area contributed by atoms with Gasteiger partial charge in [-0.3, -0.25) is 0 Å². The number of benzene rings is 3. The second-order valence-electron chi connectivity index (χ2n) is 5.41. The summed E-state index contributed by atoms with van der Waals surface area (Å²) in [5.41, 5.74) is 3.87. The van der Waals surface area contributed by atoms with Crippen molar-refractivity contribution in [2.75, 3.05) is 0 Å². The minimum Gasteiger partial charge on any atom is -0.508 e. The van der Waals surface area contributed by atoms with E-state index in [1.165, 1.54) is 0 Å². The molecule has 1 N–H and O–H groups in total. The van der Waals surface area contributed by atoms with Crippen LogP contribution in [-0.2, 0) is 0 Å². The van der Waals surface area contributed by atoms with Crippen molar-refractivity contribution in [2.24, 2.45) is 0 Å². The van der Waals surface area contributed by atoms with E-state index >= 15 is 0 Å². The van der Waals surface area contributed by atoms with Crippen LogP contribution in [0, 0.1) is 0 Å². The van der Waals surface area contributed by atoms with E-state index in [9.17, 15) is 5.11 Å². The lowest BCUT2D eigenvalue weighted by molar-refractivity contribution is 0.475. The highest BCUT2D eigenvalue weighted by Gasteiger charge is 2.11. The predicted octanol–water partition coefficient (Wildman–Crippen LogP) is 4.78. The van der Waals surface area contributed by atoms with E-state index in [1.807, 2.05) is 36.4 Å². The summed E-state index contributed by atoms with van der Waals surface area (Å²) in [6.45, 7) is 0. The smallest absolute Gasteiger partial charge is 0.248 e.